The summed E-state index contributed by atoms with van der Waals surface area (Å²) < 4.78 is 12.3. The molecule has 0 saturated heterocycles. The molecule has 0 aliphatic heterocycles. The van der Waals surface area contributed by atoms with E-state index in [0.717, 1.165) is 4.57 Å². The van der Waals surface area contributed by atoms with Crippen LogP contribution in [-0.4, -0.2) is 34.1 Å². The number of carbonyl (C=O) groups is 2. The van der Waals surface area contributed by atoms with E-state index in [1.165, 1.54) is 35.9 Å². The second-order valence-electron chi connectivity index (χ2n) is 6.02. The van der Waals surface area contributed by atoms with Crippen LogP contribution in [0.2, 0.25) is 0 Å². The molecule has 0 unspecified atom stereocenters. The van der Waals surface area contributed by atoms with E-state index in [0.29, 0.717) is 17.7 Å². The van der Waals surface area contributed by atoms with Gasteiger partial charge >= 0.3 is 11.7 Å². The zero-order valence-corrected chi connectivity index (χ0v) is 16.1. The van der Waals surface area contributed by atoms with Gasteiger partial charge in [-0.25, -0.2) is 9.59 Å². The van der Waals surface area contributed by atoms with Gasteiger partial charge in [0.15, 0.2) is 6.61 Å². The van der Waals surface area contributed by atoms with Gasteiger partial charge in [0.2, 0.25) is 5.78 Å². The highest BCUT2D eigenvalue weighted by Crippen LogP contribution is 2.14. The van der Waals surface area contributed by atoms with E-state index in [1.807, 2.05) is 6.92 Å². The molecule has 1 aromatic heterocycles. The molecule has 1 aromatic carbocycles. The highest BCUT2D eigenvalue weighted by atomic mass is 16.5. The van der Waals surface area contributed by atoms with Crippen molar-refractivity contribution < 1.29 is 19.1 Å². The average Bonchev–Trinajstić information content (AvgIpc) is 2.68. The van der Waals surface area contributed by atoms with E-state index < -0.39 is 29.6 Å². The second kappa shape index (κ2) is 9.03. The number of hydrogen-bond acceptors (Lipinski definition) is 7. The molecular weight excluding hydrogens is 366 g/mol. The van der Waals surface area contributed by atoms with Gasteiger partial charge in [0.25, 0.3) is 5.56 Å². The summed E-state index contributed by atoms with van der Waals surface area (Å²) in [5.74, 6) is -0.933. The number of aromatic nitrogens is 2. The molecule has 0 saturated carbocycles. The van der Waals surface area contributed by atoms with E-state index in [1.54, 1.807) is 6.92 Å². The van der Waals surface area contributed by atoms with Crippen molar-refractivity contribution in [1.82, 2.24) is 9.13 Å². The van der Waals surface area contributed by atoms with Crippen molar-refractivity contribution >= 4 is 17.6 Å². The van der Waals surface area contributed by atoms with Crippen LogP contribution in [0.3, 0.4) is 0 Å². The fourth-order valence-electron chi connectivity index (χ4n) is 2.61. The van der Waals surface area contributed by atoms with Crippen LogP contribution >= 0.6 is 0 Å². The van der Waals surface area contributed by atoms with Gasteiger partial charge in [-0.15, -0.1) is 0 Å². The first kappa shape index (κ1) is 20.9. The molecule has 9 heteroatoms. The van der Waals surface area contributed by atoms with Crippen molar-refractivity contribution in [3.63, 3.8) is 0 Å². The Labute approximate surface area is 161 Å². The minimum atomic E-state index is -0.763. The van der Waals surface area contributed by atoms with Crippen LogP contribution in [-0.2, 0) is 18.3 Å². The van der Waals surface area contributed by atoms with E-state index in [4.69, 9.17) is 15.2 Å². The van der Waals surface area contributed by atoms with E-state index in [-0.39, 0.29) is 24.5 Å². The summed E-state index contributed by atoms with van der Waals surface area (Å²) in [5, 5.41) is 0. The predicted octanol–water partition coefficient (Wildman–Crippen LogP) is 0.978. The maximum absolute atomic E-state index is 12.5. The number of benzene rings is 1. The normalized spacial score (nSPS) is 10.5. The number of Topliss-reactive ketones (excluding diaryl/α,β-unsaturated/α-hetero) is 1. The smallest absolute Gasteiger partial charge is 0.338 e. The summed E-state index contributed by atoms with van der Waals surface area (Å²) in [6.07, 6.45) is 0.610. The quantitative estimate of drug-likeness (QED) is 0.527. The lowest BCUT2D eigenvalue weighted by Gasteiger charge is -2.14. The number of ether oxygens (including phenoxy) is 2. The Morgan fingerprint density at radius 1 is 1.11 bits per heavy atom. The maximum atomic E-state index is 12.5. The number of carbonyl (C=O) groups excluding carboxylic acids is 2. The number of nitrogens with zero attached hydrogens (tertiary/aromatic N) is 2. The molecule has 0 bridgehead atoms. The first-order valence-electron chi connectivity index (χ1n) is 8.84. The van der Waals surface area contributed by atoms with E-state index in [2.05, 4.69) is 0 Å². The van der Waals surface area contributed by atoms with Crippen LogP contribution in [0.15, 0.2) is 33.9 Å². The molecule has 0 aliphatic carbocycles. The third-order valence-corrected chi connectivity index (χ3v) is 4.04. The van der Waals surface area contributed by atoms with E-state index in [9.17, 15) is 19.2 Å². The van der Waals surface area contributed by atoms with Crippen LogP contribution < -0.4 is 21.7 Å². The molecule has 0 atom stereocenters. The lowest BCUT2D eigenvalue weighted by atomic mass is 10.2. The van der Waals surface area contributed by atoms with Gasteiger partial charge in [-0.05, 0) is 37.6 Å². The SMILES string of the molecule is CCCn1c(N)c(C(=O)COc2ccc(C(=O)OCC)cc2)c(=O)n(C)c1=O. The third kappa shape index (κ3) is 4.30. The van der Waals surface area contributed by atoms with Crippen molar-refractivity contribution in [2.24, 2.45) is 7.05 Å². The minimum Gasteiger partial charge on any atom is -0.485 e. The highest BCUT2D eigenvalue weighted by molar-refractivity contribution is 6.00. The summed E-state index contributed by atoms with van der Waals surface area (Å²) in [6.45, 7) is 3.67. The fourth-order valence-corrected chi connectivity index (χ4v) is 2.61. The summed E-state index contributed by atoms with van der Waals surface area (Å²) in [6, 6.07) is 6.04. The number of hydrogen-bond donors (Lipinski definition) is 1. The van der Waals surface area contributed by atoms with Crippen molar-refractivity contribution in [2.45, 2.75) is 26.8 Å². The van der Waals surface area contributed by atoms with Gasteiger partial charge in [0, 0.05) is 13.6 Å². The van der Waals surface area contributed by atoms with Gasteiger partial charge < -0.3 is 15.2 Å². The Morgan fingerprint density at radius 3 is 2.32 bits per heavy atom. The Kier molecular flexibility index (Phi) is 6.75. The van der Waals surface area contributed by atoms with Gasteiger partial charge in [0.05, 0.1) is 12.2 Å². The van der Waals surface area contributed by atoms with Gasteiger partial charge in [-0.1, -0.05) is 6.92 Å². The van der Waals surface area contributed by atoms with Crippen LogP contribution in [0.25, 0.3) is 0 Å². The number of ketones is 1. The summed E-state index contributed by atoms with van der Waals surface area (Å²) in [7, 11) is 1.29. The molecule has 2 aromatic rings. The highest BCUT2D eigenvalue weighted by Gasteiger charge is 2.21. The fraction of sp³-hybridized carbons (Fsp3) is 0.368. The van der Waals surface area contributed by atoms with Crippen molar-refractivity contribution in [2.75, 3.05) is 18.9 Å². The van der Waals surface area contributed by atoms with Crippen molar-refractivity contribution in [3.05, 3.63) is 56.2 Å². The number of rotatable bonds is 8. The van der Waals surface area contributed by atoms with Crippen molar-refractivity contribution in [3.8, 4) is 5.75 Å². The Hall–Kier alpha value is -3.36. The van der Waals surface area contributed by atoms with Crippen molar-refractivity contribution in [1.29, 1.82) is 0 Å². The third-order valence-electron chi connectivity index (χ3n) is 4.04. The number of esters is 1. The van der Waals surface area contributed by atoms with Crippen LogP contribution in [0.5, 0.6) is 5.75 Å². The standard InChI is InChI=1S/C19H23N3O6/c1-4-10-22-16(20)15(17(24)21(3)19(22)26)14(23)11-28-13-8-6-12(7-9-13)18(25)27-5-2/h6-9H,4-5,10-11,20H2,1-3H3. The lowest BCUT2D eigenvalue weighted by molar-refractivity contribution is 0.0526. The molecule has 0 radical (unpaired) electrons. The molecule has 0 fully saturated rings. The molecule has 1 heterocycles. The van der Waals surface area contributed by atoms with Crippen LogP contribution in [0.1, 0.15) is 41.0 Å². The number of anilines is 1. The Bertz CT molecular complexity index is 988. The topological polar surface area (TPSA) is 123 Å². The average molecular weight is 389 g/mol. The summed E-state index contributed by atoms with van der Waals surface area (Å²) >= 11 is 0. The summed E-state index contributed by atoms with van der Waals surface area (Å²) in [5.41, 5.74) is 4.65. The first-order valence-corrected chi connectivity index (χ1v) is 8.84. The second-order valence-corrected chi connectivity index (χ2v) is 6.02. The number of nitrogen functional groups attached to an aromatic ring is 1. The Balaban J connectivity index is 2.21. The van der Waals surface area contributed by atoms with E-state index >= 15 is 0 Å². The predicted molar refractivity (Wildman–Crippen MR) is 103 cm³/mol. The van der Waals surface area contributed by atoms with Crippen LogP contribution in [0.4, 0.5) is 5.82 Å². The molecule has 0 spiro atoms. The largest absolute Gasteiger partial charge is 0.485 e. The molecule has 0 aliphatic rings. The van der Waals surface area contributed by atoms with Gasteiger partial charge in [-0.3, -0.25) is 18.7 Å². The molecule has 28 heavy (non-hydrogen) atoms. The maximum Gasteiger partial charge on any atom is 0.338 e. The zero-order chi connectivity index (χ0) is 20.8. The molecule has 2 rings (SSSR count). The molecule has 2 N–H and O–H groups in total. The molecular formula is C19H23N3O6. The van der Waals surface area contributed by atoms with Crippen LogP contribution in [0, 0.1) is 0 Å². The van der Waals surface area contributed by atoms with Gasteiger partial charge in [-0.2, -0.15) is 0 Å². The summed E-state index contributed by atoms with van der Waals surface area (Å²) in [4.78, 5) is 48.7. The monoisotopic (exact) mass is 389 g/mol. The first-order chi connectivity index (χ1) is 13.3. The number of nitrogens with two attached hydrogens (primary N) is 1. The molecule has 0 amide bonds. The van der Waals surface area contributed by atoms with Gasteiger partial charge in [0.1, 0.15) is 17.1 Å². The zero-order valence-electron chi connectivity index (χ0n) is 16.1. The Morgan fingerprint density at radius 2 is 1.75 bits per heavy atom. The molecule has 150 valence electrons. The minimum absolute atomic E-state index is 0.166. The molecule has 9 nitrogen and oxygen atoms in total. The lowest BCUT2D eigenvalue weighted by Crippen LogP contribution is -2.43.